The maximum Gasteiger partial charge on any atom is 0.0909 e. The molecule has 0 saturated heterocycles. The van der Waals surface area contributed by atoms with Crippen molar-refractivity contribution in [1.82, 2.24) is 0 Å². The Morgan fingerprint density at radius 3 is 2.31 bits per heavy atom. The summed E-state index contributed by atoms with van der Waals surface area (Å²) in [5, 5.41) is 1.68. The Kier molecular flexibility index (Phi) is 7.13. The maximum absolute atomic E-state index is 6.04. The number of rotatable bonds is 7. The predicted octanol–water partition coefficient (Wildman–Crippen LogP) is 7.22. The second kappa shape index (κ2) is 9.77. The Morgan fingerprint density at radius 1 is 0.885 bits per heavy atom. The maximum atomic E-state index is 6.04. The minimum absolute atomic E-state index is 0.729. The van der Waals surface area contributed by atoms with Gasteiger partial charge in [-0.25, -0.2) is 0 Å². The lowest BCUT2D eigenvalue weighted by molar-refractivity contribution is 0.340. The second-order valence-electron chi connectivity index (χ2n) is 5.49. The number of thioether (sulfide) groups is 2. The molecular weight excluding hydrogens is 380 g/mol. The number of hydrogen-bond acceptors (Lipinski definition) is 3. The minimum atomic E-state index is 0.729. The molecule has 0 aliphatic rings. The van der Waals surface area contributed by atoms with Crippen molar-refractivity contribution in [3.63, 3.8) is 0 Å². The molecule has 0 N–H and O–H groups in total. The molecule has 0 radical (unpaired) electrons. The van der Waals surface area contributed by atoms with Crippen molar-refractivity contribution in [2.24, 2.45) is 0 Å². The highest BCUT2D eigenvalue weighted by molar-refractivity contribution is 8.16. The molecular formula is C22H19ClOS2. The number of hydrogen-bond donors (Lipinski definition) is 0. The van der Waals surface area contributed by atoms with Gasteiger partial charge in [0.2, 0.25) is 0 Å². The molecule has 132 valence electrons. The van der Waals surface area contributed by atoms with E-state index in [2.05, 4.69) is 48.5 Å². The summed E-state index contributed by atoms with van der Waals surface area (Å²) in [5.74, 6) is 0. The van der Waals surface area contributed by atoms with Gasteiger partial charge < -0.3 is 4.74 Å². The highest BCUT2D eigenvalue weighted by Gasteiger charge is 2.11. The van der Waals surface area contributed by atoms with Crippen LogP contribution >= 0.6 is 35.1 Å². The molecule has 0 aliphatic heterocycles. The zero-order valence-electron chi connectivity index (χ0n) is 14.4. The Morgan fingerprint density at radius 2 is 1.58 bits per heavy atom. The van der Waals surface area contributed by atoms with E-state index in [0.717, 1.165) is 26.8 Å². The van der Waals surface area contributed by atoms with Gasteiger partial charge in [-0.15, -0.1) is 23.5 Å². The lowest BCUT2D eigenvalue weighted by Gasteiger charge is -2.13. The molecule has 0 heterocycles. The van der Waals surface area contributed by atoms with Crippen LogP contribution in [0.4, 0.5) is 0 Å². The highest BCUT2D eigenvalue weighted by atomic mass is 35.5. The first-order valence-corrected chi connectivity index (χ1v) is 10.5. The van der Waals surface area contributed by atoms with Crippen molar-refractivity contribution < 1.29 is 4.74 Å². The van der Waals surface area contributed by atoms with Gasteiger partial charge in [0, 0.05) is 25.5 Å². The van der Waals surface area contributed by atoms with Gasteiger partial charge in [0.05, 0.1) is 13.4 Å². The lowest BCUT2D eigenvalue weighted by Crippen LogP contribution is -1.92. The number of methoxy groups -OCH3 is 1. The van der Waals surface area contributed by atoms with E-state index in [9.17, 15) is 0 Å². The number of halogens is 1. The van der Waals surface area contributed by atoms with Gasteiger partial charge in [0.1, 0.15) is 0 Å². The smallest absolute Gasteiger partial charge is 0.0909 e. The van der Waals surface area contributed by atoms with Crippen LogP contribution < -0.4 is 0 Å². The summed E-state index contributed by atoms with van der Waals surface area (Å²) in [7, 11) is 1.68. The first-order valence-electron chi connectivity index (χ1n) is 8.17. The third-order valence-electron chi connectivity index (χ3n) is 3.75. The highest BCUT2D eigenvalue weighted by Crippen LogP contribution is 2.35. The predicted molar refractivity (Wildman–Crippen MR) is 115 cm³/mol. The van der Waals surface area contributed by atoms with Crippen molar-refractivity contribution in [2.45, 2.75) is 9.79 Å². The minimum Gasteiger partial charge on any atom is -0.504 e. The first-order chi connectivity index (χ1) is 12.8. The Labute approximate surface area is 168 Å². The summed E-state index contributed by atoms with van der Waals surface area (Å²) >= 11 is 9.72. The molecule has 0 aliphatic carbocycles. The quantitative estimate of drug-likeness (QED) is 0.236. The molecule has 0 unspecified atom stereocenters. The van der Waals surface area contributed by atoms with Crippen molar-refractivity contribution in [3.05, 3.63) is 101 Å². The van der Waals surface area contributed by atoms with Crippen molar-refractivity contribution >= 4 is 40.7 Å². The average molecular weight is 399 g/mol. The van der Waals surface area contributed by atoms with Gasteiger partial charge in [0.25, 0.3) is 0 Å². The Bertz CT molecular complexity index is 861. The van der Waals surface area contributed by atoms with Crippen molar-refractivity contribution in [2.75, 3.05) is 12.2 Å². The van der Waals surface area contributed by atoms with Crippen LogP contribution in [0.5, 0.6) is 0 Å². The van der Waals surface area contributed by atoms with Gasteiger partial charge in [0.15, 0.2) is 0 Å². The Balaban J connectivity index is 1.82. The molecule has 0 saturated carbocycles. The monoisotopic (exact) mass is 398 g/mol. The standard InChI is InChI=1S/C22H19ClOS2/c1-24-15-21(17-11-13-18(23)14-12-17)20-9-5-6-10-22(20)26-16-25-19-7-3-2-4-8-19/h2-15H,16H2,1H3/b21-15+. The fraction of sp³-hybridized carbons (Fsp3) is 0.0909. The van der Waals surface area contributed by atoms with Gasteiger partial charge >= 0.3 is 0 Å². The molecule has 3 aromatic carbocycles. The van der Waals surface area contributed by atoms with E-state index in [4.69, 9.17) is 16.3 Å². The van der Waals surface area contributed by atoms with Gasteiger partial charge in [-0.3, -0.25) is 0 Å². The third-order valence-corrected chi connectivity index (χ3v) is 6.22. The van der Waals surface area contributed by atoms with Gasteiger partial charge in [-0.05, 0) is 41.5 Å². The number of benzene rings is 3. The van der Waals surface area contributed by atoms with Crippen LogP contribution in [-0.4, -0.2) is 12.2 Å². The fourth-order valence-corrected chi connectivity index (χ4v) is 4.80. The topological polar surface area (TPSA) is 9.23 Å². The van der Waals surface area contributed by atoms with Crippen LogP contribution in [0.3, 0.4) is 0 Å². The lowest BCUT2D eigenvalue weighted by atomic mass is 9.99. The summed E-state index contributed by atoms with van der Waals surface area (Å²) in [6, 6.07) is 26.7. The second-order valence-corrected chi connectivity index (χ2v) is 8.36. The summed E-state index contributed by atoms with van der Waals surface area (Å²) < 4.78 is 5.36. The summed E-state index contributed by atoms with van der Waals surface area (Å²) in [4.78, 5) is 2.51. The first kappa shape index (κ1) is 19.0. The summed E-state index contributed by atoms with van der Waals surface area (Å²) in [6.07, 6.45) is 1.80. The summed E-state index contributed by atoms with van der Waals surface area (Å²) in [6.45, 7) is 0. The van der Waals surface area contributed by atoms with Crippen molar-refractivity contribution in [1.29, 1.82) is 0 Å². The van der Waals surface area contributed by atoms with E-state index in [1.54, 1.807) is 13.4 Å². The number of ether oxygens (including phenoxy) is 1. The van der Waals surface area contributed by atoms with E-state index in [-0.39, 0.29) is 0 Å². The molecule has 0 bridgehead atoms. The molecule has 0 aromatic heterocycles. The zero-order chi connectivity index (χ0) is 18.2. The van der Waals surface area contributed by atoms with Crippen LogP contribution in [0.15, 0.2) is 94.9 Å². The molecule has 0 fully saturated rings. The molecule has 0 spiro atoms. The molecule has 1 nitrogen and oxygen atoms in total. The molecule has 26 heavy (non-hydrogen) atoms. The molecule has 0 amide bonds. The van der Waals surface area contributed by atoms with Crippen LogP contribution in [0.2, 0.25) is 5.02 Å². The van der Waals surface area contributed by atoms with Crippen LogP contribution in [-0.2, 0) is 4.74 Å². The zero-order valence-corrected chi connectivity index (χ0v) is 16.8. The normalized spacial score (nSPS) is 11.4. The van der Waals surface area contributed by atoms with Crippen molar-refractivity contribution in [3.8, 4) is 0 Å². The van der Waals surface area contributed by atoms with E-state index in [1.165, 1.54) is 9.79 Å². The molecule has 3 rings (SSSR count). The van der Waals surface area contributed by atoms with Gasteiger partial charge in [-0.2, -0.15) is 0 Å². The molecule has 0 atom stereocenters. The van der Waals surface area contributed by atoms with Crippen LogP contribution in [0, 0.1) is 0 Å². The SMILES string of the molecule is CO/C=C(\c1ccc(Cl)cc1)c1ccccc1SCSc1ccccc1. The average Bonchev–Trinajstić information content (AvgIpc) is 2.68. The van der Waals surface area contributed by atoms with Gasteiger partial charge in [-0.1, -0.05) is 60.1 Å². The van der Waals surface area contributed by atoms with Crippen LogP contribution in [0.1, 0.15) is 11.1 Å². The summed E-state index contributed by atoms with van der Waals surface area (Å²) in [5.41, 5.74) is 3.30. The van der Waals surface area contributed by atoms with E-state index < -0.39 is 0 Å². The molecule has 4 heteroatoms. The van der Waals surface area contributed by atoms with Crippen LogP contribution in [0.25, 0.3) is 5.57 Å². The third kappa shape index (κ3) is 5.10. The molecule has 3 aromatic rings. The van der Waals surface area contributed by atoms with E-state index in [0.29, 0.717) is 0 Å². The van der Waals surface area contributed by atoms with E-state index in [1.807, 2.05) is 53.9 Å². The fourth-order valence-electron chi connectivity index (χ4n) is 2.53. The largest absolute Gasteiger partial charge is 0.504 e. The Hall–Kier alpha value is -1.81. The van der Waals surface area contributed by atoms with E-state index >= 15 is 0 Å².